The number of alkyl halides is 1. The lowest BCUT2D eigenvalue weighted by atomic mass is 10.1. The molecular formula is C10H6BrClFN. The molecule has 0 N–H and O–H groups in total. The first kappa shape index (κ1) is 9.87. The van der Waals surface area contributed by atoms with Crippen LogP contribution in [0.3, 0.4) is 0 Å². The third-order valence-corrected chi connectivity index (χ3v) is 2.90. The molecule has 0 aliphatic rings. The zero-order chi connectivity index (χ0) is 10.1. The Morgan fingerprint density at radius 3 is 3.00 bits per heavy atom. The molecule has 72 valence electrons. The zero-order valence-corrected chi connectivity index (χ0v) is 9.44. The van der Waals surface area contributed by atoms with Crippen LogP contribution in [-0.4, -0.2) is 4.98 Å². The van der Waals surface area contributed by atoms with E-state index in [1.54, 1.807) is 12.3 Å². The van der Waals surface area contributed by atoms with E-state index in [4.69, 9.17) is 11.6 Å². The molecule has 2 aromatic rings. The van der Waals surface area contributed by atoms with Gasteiger partial charge in [-0.15, -0.1) is 0 Å². The quantitative estimate of drug-likeness (QED) is 0.718. The Morgan fingerprint density at radius 1 is 1.50 bits per heavy atom. The SMILES string of the molecule is Fc1cc(Cl)c2cccnc2c1CBr. The summed E-state index contributed by atoms with van der Waals surface area (Å²) in [6.45, 7) is 0. The Morgan fingerprint density at radius 2 is 2.29 bits per heavy atom. The molecule has 0 unspecified atom stereocenters. The largest absolute Gasteiger partial charge is 0.256 e. The van der Waals surface area contributed by atoms with Crippen LogP contribution in [0, 0.1) is 5.82 Å². The van der Waals surface area contributed by atoms with Gasteiger partial charge in [-0.2, -0.15) is 0 Å². The van der Waals surface area contributed by atoms with Gasteiger partial charge >= 0.3 is 0 Å². The number of fused-ring (bicyclic) bond motifs is 1. The first-order valence-corrected chi connectivity index (χ1v) is 5.51. The summed E-state index contributed by atoms with van der Waals surface area (Å²) in [6.07, 6.45) is 1.63. The van der Waals surface area contributed by atoms with Crippen LogP contribution in [0.15, 0.2) is 24.4 Å². The Labute approximate surface area is 94.0 Å². The second kappa shape index (κ2) is 3.83. The molecule has 0 atom stereocenters. The van der Waals surface area contributed by atoms with E-state index in [0.29, 0.717) is 21.4 Å². The van der Waals surface area contributed by atoms with Crippen LogP contribution in [0.5, 0.6) is 0 Å². The lowest BCUT2D eigenvalue weighted by molar-refractivity contribution is 0.620. The molecule has 14 heavy (non-hydrogen) atoms. The predicted molar refractivity (Wildman–Crippen MR) is 59.3 cm³/mol. The van der Waals surface area contributed by atoms with E-state index < -0.39 is 0 Å². The number of nitrogens with zero attached hydrogens (tertiary/aromatic N) is 1. The molecule has 0 aliphatic carbocycles. The Balaban J connectivity index is 2.90. The smallest absolute Gasteiger partial charge is 0.130 e. The van der Waals surface area contributed by atoms with E-state index >= 15 is 0 Å². The molecule has 0 amide bonds. The van der Waals surface area contributed by atoms with E-state index in [1.165, 1.54) is 6.07 Å². The minimum Gasteiger partial charge on any atom is -0.256 e. The molecule has 0 fully saturated rings. The molecule has 0 saturated heterocycles. The molecule has 1 heterocycles. The summed E-state index contributed by atoms with van der Waals surface area (Å²) in [6, 6.07) is 4.93. The van der Waals surface area contributed by atoms with Crippen LogP contribution < -0.4 is 0 Å². The maximum Gasteiger partial charge on any atom is 0.130 e. The number of aromatic nitrogens is 1. The third kappa shape index (κ3) is 1.51. The van der Waals surface area contributed by atoms with Crippen LogP contribution in [0.25, 0.3) is 10.9 Å². The normalized spacial score (nSPS) is 10.8. The predicted octanol–water partition coefficient (Wildman–Crippen LogP) is 3.92. The van der Waals surface area contributed by atoms with Gasteiger partial charge in [0.05, 0.1) is 10.5 Å². The van der Waals surface area contributed by atoms with Crippen molar-refractivity contribution in [2.75, 3.05) is 0 Å². The highest BCUT2D eigenvalue weighted by Gasteiger charge is 2.10. The van der Waals surface area contributed by atoms with Crippen molar-refractivity contribution < 1.29 is 4.39 Å². The van der Waals surface area contributed by atoms with Gasteiger partial charge in [0.15, 0.2) is 0 Å². The average molecular weight is 275 g/mol. The van der Waals surface area contributed by atoms with Crippen molar-refractivity contribution in [2.45, 2.75) is 5.33 Å². The fourth-order valence-electron chi connectivity index (χ4n) is 1.35. The van der Waals surface area contributed by atoms with Gasteiger partial charge in [0.1, 0.15) is 5.82 Å². The molecule has 0 saturated carbocycles. The number of rotatable bonds is 1. The molecule has 4 heteroatoms. The van der Waals surface area contributed by atoms with Crippen molar-refractivity contribution in [3.8, 4) is 0 Å². The van der Waals surface area contributed by atoms with E-state index in [0.717, 1.165) is 5.39 Å². The lowest BCUT2D eigenvalue weighted by Crippen LogP contribution is -1.91. The Kier molecular flexibility index (Phi) is 2.70. The molecule has 1 aromatic carbocycles. The number of halogens is 3. The summed E-state index contributed by atoms with van der Waals surface area (Å²) in [4.78, 5) is 4.12. The molecule has 0 aliphatic heterocycles. The maximum atomic E-state index is 13.4. The van der Waals surface area contributed by atoms with E-state index in [1.807, 2.05) is 6.07 Å². The van der Waals surface area contributed by atoms with Gasteiger partial charge in [-0.1, -0.05) is 27.5 Å². The van der Waals surface area contributed by atoms with Crippen LogP contribution in [0.4, 0.5) is 4.39 Å². The van der Waals surface area contributed by atoms with Crippen LogP contribution >= 0.6 is 27.5 Å². The molecule has 0 spiro atoms. The summed E-state index contributed by atoms with van der Waals surface area (Å²) in [5.41, 5.74) is 1.17. The minimum absolute atomic E-state index is 0.321. The van der Waals surface area contributed by atoms with Gasteiger partial charge in [-0.3, -0.25) is 4.98 Å². The first-order valence-electron chi connectivity index (χ1n) is 4.01. The van der Waals surface area contributed by atoms with Crippen LogP contribution in [0.1, 0.15) is 5.56 Å². The van der Waals surface area contributed by atoms with E-state index in [-0.39, 0.29) is 5.82 Å². The number of hydrogen-bond acceptors (Lipinski definition) is 1. The van der Waals surface area contributed by atoms with Crippen molar-refractivity contribution >= 4 is 38.4 Å². The standard InChI is InChI=1S/C10H6BrClFN/c11-5-7-9(13)4-8(12)6-2-1-3-14-10(6)7/h1-4H,5H2. The topological polar surface area (TPSA) is 12.9 Å². The first-order chi connectivity index (χ1) is 6.74. The summed E-state index contributed by atoms with van der Waals surface area (Å²) in [5, 5.41) is 1.61. The maximum absolute atomic E-state index is 13.4. The van der Waals surface area contributed by atoms with Gasteiger partial charge in [0.2, 0.25) is 0 Å². The zero-order valence-electron chi connectivity index (χ0n) is 7.10. The minimum atomic E-state index is -0.321. The van der Waals surface area contributed by atoms with Crippen LogP contribution in [0.2, 0.25) is 5.02 Å². The molecule has 2 rings (SSSR count). The molecule has 0 radical (unpaired) electrons. The number of hydrogen-bond donors (Lipinski definition) is 0. The molecule has 0 bridgehead atoms. The molecular weight excluding hydrogens is 268 g/mol. The fourth-order valence-corrected chi connectivity index (χ4v) is 2.14. The molecule has 1 aromatic heterocycles. The average Bonchev–Trinajstić information content (AvgIpc) is 2.18. The lowest BCUT2D eigenvalue weighted by Gasteiger charge is -2.05. The van der Waals surface area contributed by atoms with Gasteiger partial charge in [-0.05, 0) is 18.2 Å². The second-order valence-electron chi connectivity index (χ2n) is 2.85. The van der Waals surface area contributed by atoms with Crippen molar-refractivity contribution in [1.82, 2.24) is 4.98 Å². The summed E-state index contributed by atoms with van der Waals surface area (Å²) >= 11 is 9.13. The monoisotopic (exact) mass is 273 g/mol. The summed E-state index contributed by atoms with van der Waals surface area (Å²) in [5.74, 6) is -0.321. The summed E-state index contributed by atoms with van der Waals surface area (Å²) < 4.78 is 13.4. The van der Waals surface area contributed by atoms with Gasteiger partial charge < -0.3 is 0 Å². The highest BCUT2D eigenvalue weighted by atomic mass is 79.9. The second-order valence-corrected chi connectivity index (χ2v) is 3.82. The highest BCUT2D eigenvalue weighted by Crippen LogP contribution is 2.28. The Bertz CT molecular complexity index is 487. The van der Waals surface area contributed by atoms with Gasteiger partial charge in [-0.25, -0.2) is 4.39 Å². The van der Waals surface area contributed by atoms with Gasteiger partial charge in [0, 0.05) is 22.5 Å². The van der Waals surface area contributed by atoms with Crippen molar-refractivity contribution in [3.63, 3.8) is 0 Å². The van der Waals surface area contributed by atoms with Crippen LogP contribution in [-0.2, 0) is 5.33 Å². The molecule has 1 nitrogen and oxygen atoms in total. The van der Waals surface area contributed by atoms with Crippen molar-refractivity contribution in [3.05, 3.63) is 40.8 Å². The van der Waals surface area contributed by atoms with Gasteiger partial charge in [0.25, 0.3) is 0 Å². The third-order valence-electron chi connectivity index (χ3n) is 2.03. The number of benzene rings is 1. The Hall–Kier alpha value is -0.670. The van der Waals surface area contributed by atoms with E-state index in [2.05, 4.69) is 20.9 Å². The summed E-state index contributed by atoms with van der Waals surface area (Å²) in [7, 11) is 0. The van der Waals surface area contributed by atoms with E-state index in [9.17, 15) is 4.39 Å². The van der Waals surface area contributed by atoms with Crippen molar-refractivity contribution in [1.29, 1.82) is 0 Å². The fraction of sp³-hybridized carbons (Fsp3) is 0.100. The van der Waals surface area contributed by atoms with Crippen molar-refractivity contribution in [2.24, 2.45) is 0 Å². The number of pyridine rings is 1. The highest BCUT2D eigenvalue weighted by molar-refractivity contribution is 9.08.